The molecule has 1 amide bonds. The smallest absolute Gasteiger partial charge is 0.271 e. The Bertz CT molecular complexity index is 728. The van der Waals surface area contributed by atoms with Crippen molar-refractivity contribution in [1.82, 2.24) is 19.8 Å². The number of rotatable bonds is 7. The van der Waals surface area contributed by atoms with Crippen LogP contribution in [0.3, 0.4) is 0 Å². The summed E-state index contributed by atoms with van der Waals surface area (Å²) in [7, 11) is 1.88. The van der Waals surface area contributed by atoms with Crippen molar-refractivity contribution in [2.24, 2.45) is 18.9 Å². The zero-order valence-corrected chi connectivity index (χ0v) is 16.8. The summed E-state index contributed by atoms with van der Waals surface area (Å²) in [4.78, 5) is 19.1. The largest absolute Gasteiger partial charge is 0.370 e. The van der Waals surface area contributed by atoms with E-state index in [9.17, 15) is 4.79 Å². The lowest BCUT2D eigenvalue weighted by Gasteiger charge is -2.29. The van der Waals surface area contributed by atoms with Crippen LogP contribution in [0.5, 0.6) is 0 Å². The van der Waals surface area contributed by atoms with Gasteiger partial charge in [-0.05, 0) is 32.6 Å². The highest BCUT2D eigenvalue weighted by Gasteiger charge is 2.62. The first-order valence-corrected chi connectivity index (χ1v) is 10.3. The number of allylic oxidation sites excluding steroid dienone is 1. The molecule has 1 aromatic heterocycles. The molecule has 6 heteroatoms. The highest BCUT2D eigenvalue weighted by atomic mass is 16.5. The first-order chi connectivity index (χ1) is 13.0. The summed E-state index contributed by atoms with van der Waals surface area (Å²) >= 11 is 0. The summed E-state index contributed by atoms with van der Waals surface area (Å²) in [5.74, 6) is 0.878. The van der Waals surface area contributed by atoms with Gasteiger partial charge < -0.3 is 14.6 Å². The highest BCUT2D eigenvalue weighted by molar-refractivity contribution is 5.92. The van der Waals surface area contributed by atoms with Crippen LogP contribution in [0.4, 0.5) is 0 Å². The van der Waals surface area contributed by atoms with Gasteiger partial charge >= 0.3 is 0 Å². The summed E-state index contributed by atoms with van der Waals surface area (Å²) in [5, 5.41) is 3.11. The quantitative estimate of drug-likeness (QED) is 0.747. The number of aryl methyl sites for hydroxylation is 1. The first kappa shape index (κ1) is 18.7. The molecule has 2 bridgehead atoms. The van der Waals surface area contributed by atoms with Crippen LogP contribution < -0.4 is 5.32 Å². The predicted octanol–water partition coefficient (Wildman–Crippen LogP) is 2.38. The molecule has 0 unspecified atom stereocenters. The number of carbonyl (C=O) groups is 1. The molecular weight excluding hydrogens is 340 g/mol. The van der Waals surface area contributed by atoms with Gasteiger partial charge in [-0.3, -0.25) is 9.69 Å². The molecule has 0 aliphatic carbocycles. The zero-order chi connectivity index (χ0) is 19.0. The van der Waals surface area contributed by atoms with Crippen molar-refractivity contribution in [3.63, 3.8) is 0 Å². The van der Waals surface area contributed by atoms with E-state index in [0.717, 1.165) is 38.9 Å². The lowest BCUT2D eigenvalue weighted by Crippen LogP contribution is -2.42. The third-order valence-electron chi connectivity index (χ3n) is 6.79. The van der Waals surface area contributed by atoms with E-state index in [-0.39, 0.29) is 11.5 Å². The molecule has 0 radical (unpaired) electrons. The minimum atomic E-state index is -0.0811. The van der Waals surface area contributed by atoms with E-state index in [2.05, 4.69) is 35.1 Å². The van der Waals surface area contributed by atoms with Crippen molar-refractivity contribution in [2.45, 2.75) is 51.2 Å². The van der Waals surface area contributed by atoms with Crippen molar-refractivity contribution in [1.29, 1.82) is 0 Å². The lowest BCUT2D eigenvalue weighted by atomic mass is 9.73. The van der Waals surface area contributed by atoms with Gasteiger partial charge in [-0.15, -0.1) is 0 Å². The number of nitrogens with one attached hydrogen (secondary N) is 1. The number of ether oxygens (including phenoxy) is 1. The number of fused-ring (bicyclic) bond motifs is 1. The van der Waals surface area contributed by atoms with Gasteiger partial charge in [0.1, 0.15) is 5.69 Å². The monoisotopic (exact) mass is 372 g/mol. The fourth-order valence-electron chi connectivity index (χ4n) is 5.20. The first-order valence-electron chi connectivity index (χ1n) is 10.3. The molecule has 3 aliphatic heterocycles. The highest BCUT2D eigenvalue weighted by Crippen LogP contribution is 2.54. The Labute approximate surface area is 162 Å². The molecule has 1 N–H and O–H groups in total. The Hall–Kier alpha value is -1.66. The Balaban J connectivity index is 1.34. The molecule has 27 heavy (non-hydrogen) atoms. The van der Waals surface area contributed by atoms with Gasteiger partial charge in [0.2, 0.25) is 0 Å². The van der Waals surface area contributed by atoms with E-state index < -0.39 is 0 Å². The van der Waals surface area contributed by atoms with E-state index in [1.807, 2.05) is 7.05 Å². The summed E-state index contributed by atoms with van der Waals surface area (Å²) in [6.45, 7) is 8.37. The number of likely N-dealkylation sites (tertiary alicyclic amines) is 1. The van der Waals surface area contributed by atoms with Crippen LogP contribution in [-0.4, -0.2) is 58.2 Å². The van der Waals surface area contributed by atoms with Crippen LogP contribution >= 0.6 is 0 Å². The van der Waals surface area contributed by atoms with Gasteiger partial charge in [0, 0.05) is 51.3 Å². The van der Waals surface area contributed by atoms with Crippen molar-refractivity contribution in [2.75, 3.05) is 26.2 Å². The summed E-state index contributed by atoms with van der Waals surface area (Å²) in [6, 6.07) is 0. The maximum absolute atomic E-state index is 12.4. The molecule has 148 valence electrons. The number of carbonyl (C=O) groups excluding carboxylic acids is 1. The minimum absolute atomic E-state index is 0.0363. The van der Waals surface area contributed by atoms with Gasteiger partial charge in [0.05, 0.1) is 18.0 Å². The molecule has 3 fully saturated rings. The normalized spacial score (nSPS) is 32.9. The van der Waals surface area contributed by atoms with Crippen LogP contribution in [0, 0.1) is 11.8 Å². The summed E-state index contributed by atoms with van der Waals surface area (Å²) in [5.41, 5.74) is 2.00. The minimum Gasteiger partial charge on any atom is -0.370 e. The third kappa shape index (κ3) is 3.57. The van der Waals surface area contributed by atoms with E-state index in [1.54, 1.807) is 17.1 Å². The summed E-state index contributed by atoms with van der Waals surface area (Å²) < 4.78 is 8.29. The van der Waals surface area contributed by atoms with E-state index >= 15 is 0 Å². The zero-order valence-electron chi connectivity index (χ0n) is 16.8. The fourth-order valence-corrected chi connectivity index (χ4v) is 5.20. The number of nitrogens with zero attached hydrogens (tertiary/aromatic N) is 3. The lowest BCUT2D eigenvalue weighted by molar-refractivity contribution is 0.00290. The second-order valence-corrected chi connectivity index (χ2v) is 8.59. The van der Waals surface area contributed by atoms with Crippen LogP contribution in [0.1, 0.15) is 50.0 Å². The van der Waals surface area contributed by atoms with Crippen molar-refractivity contribution in [3.8, 4) is 0 Å². The maximum atomic E-state index is 12.4. The molecule has 4 heterocycles. The number of aromatic nitrogens is 2. The molecule has 6 nitrogen and oxygen atoms in total. The molecule has 3 saturated heterocycles. The van der Waals surface area contributed by atoms with E-state index in [0.29, 0.717) is 30.2 Å². The number of hydrogen-bond donors (Lipinski definition) is 1. The van der Waals surface area contributed by atoms with Gasteiger partial charge in [0.25, 0.3) is 5.91 Å². The molecule has 4 atom stereocenters. The van der Waals surface area contributed by atoms with Gasteiger partial charge in [0.15, 0.2) is 0 Å². The Morgan fingerprint density at radius 3 is 3.11 bits per heavy atom. The van der Waals surface area contributed by atoms with Crippen molar-refractivity contribution in [3.05, 3.63) is 29.9 Å². The third-order valence-corrected chi connectivity index (χ3v) is 6.79. The van der Waals surface area contributed by atoms with E-state index in [4.69, 9.17) is 4.74 Å². The Kier molecular flexibility index (Phi) is 5.12. The predicted molar refractivity (Wildman–Crippen MR) is 104 cm³/mol. The van der Waals surface area contributed by atoms with Crippen molar-refractivity contribution < 1.29 is 9.53 Å². The molecule has 1 aromatic rings. The van der Waals surface area contributed by atoms with Gasteiger partial charge in [-0.2, -0.15) is 0 Å². The molecule has 0 saturated carbocycles. The second-order valence-electron chi connectivity index (χ2n) is 8.59. The molecule has 1 spiro atoms. The fraction of sp³-hybridized carbons (Fsp3) is 0.714. The Morgan fingerprint density at radius 2 is 2.37 bits per heavy atom. The molecule has 0 aromatic carbocycles. The van der Waals surface area contributed by atoms with Crippen LogP contribution in [-0.2, 0) is 11.8 Å². The van der Waals surface area contributed by atoms with Crippen molar-refractivity contribution >= 4 is 5.91 Å². The standard InChI is InChI=1S/C21H32N4O2/c1-4-15(2)6-5-9-25-11-17-16(19-7-8-21(17,13-25)27-19)10-22-20(26)18-12-24(3)14-23-18/h6,12,14,16-17,19H,4-5,7-11,13H2,1-3H3,(H,22,26)/t16-,17+,19+,21+/m0/s1. The Morgan fingerprint density at radius 1 is 1.52 bits per heavy atom. The number of hydrogen-bond acceptors (Lipinski definition) is 4. The van der Waals surface area contributed by atoms with Crippen LogP contribution in [0.2, 0.25) is 0 Å². The topological polar surface area (TPSA) is 59.4 Å². The van der Waals surface area contributed by atoms with Crippen LogP contribution in [0.25, 0.3) is 0 Å². The second kappa shape index (κ2) is 7.40. The maximum Gasteiger partial charge on any atom is 0.271 e. The molecule has 3 aliphatic rings. The molecule has 4 rings (SSSR count). The SMILES string of the molecule is CCC(C)=CCCN1C[C@@H]2[C@H](CNC(=O)c3cn(C)cn3)[C@H]3CC[C@]2(C1)O3. The van der Waals surface area contributed by atoms with Crippen LogP contribution in [0.15, 0.2) is 24.2 Å². The van der Waals surface area contributed by atoms with Gasteiger partial charge in [-0.1, -0.05) is 18.6 Å². The molecular formula is C21H32N4O2. The number of imidazole rings is 1. The summed E-state index contributed by atoms with van der Waals surface area (Å²) in [6.07, 6.45) is 10.7. The number of amides is 1. The van der Waals surface area contributed by atoms with E-state index in [1.165, 1.54) is 12.0 Å². The average molecular weight is 373 g/mol. The van der Waals surface area contributed by atoms with Gasteiger partial charge in [-0.25, -0.2) is 4.98 Å². The average Bonchev–Trinajstić information content (AvgIpc) is 3.39.